The molecule has 8 atom stereocenters. The minimum absolute atomic E-state index is 0.0103. The maximum Gasteiger partial charge on any atom is 0.334 e. The van der Waals surface area contributed by atoms with Gasteiger partial charge in [0.2, 0.25) is 0 Å². The number of carbonyl (C=O) groups excluding carboxylic acids is 2. The van der Waals surface area contributed by atoms with Crippen molar-refractivity contribution in [3.8, 4) is 0 Å². The number of hydrogen-bond donors (Lipinski definition) is 1. The molecule has 6 nitrogen and oxygen atoms in total. The topological polar surface area (TPSA) is 82.1 Å². The van der Waals surface area contributed by atoms with E-state index >= 15 is 0 Å². The molecular weight excluding hydrogens is 432 g/mol. The van der Waals surface area contributed by atoms with Gasteiger partial charge in [0.1, 0.15) is 6.10 Å². The lowest BCUT2D eigenvalue weighted by molar-refractivity contribution is -0.303. The fourth-order valence-corrected chi connectivity index (χ4v) is 7.63. The Morgan fingerprint density at radius 1 is 1.29 bits per heavy atom. The van der Waals surface area contributed by atoms with Crippen LogP contribution in [0.25, 0.3) is 0 Å². The molecule has 1 saturated heterocycles. The van der Waals surface area contributed by atoms with Crippen molar-refractivity contribution in [1.82, 2.24) is 0 Å². The van der Waals surface area contributed by atoms with Crippen molar-refractivity contribution in [2.45, 2.75) is 84.9 Å². The highest BCUT2D eigenvalue weighted by Gasteiger charge is 2.77. The number of esters is 1. The standard InChI is InChI=1S/C28H38O6/c1-9-14(2)24(30)33-22-15(3)12-27-16(4)10-19-20(25(19,5)6)18(21(27)29)11-17-13-32-26(7,8)34-23(17)28(22,27)31/h11-12,16,18-20,22-23,31H,2,9-10,13H2,1,3-8H3/t16-,18+,19-,20?,22+,23-,27+,28-/m1/s1. The molecule has 0 aromatic heterocycles. The lowest BCUT2D eigenvalue weighted by Crippen LogP contribution is -2.68. The smallest absolute Gasteiger partial charge is 0.334 e. The van der Waals surface area contributed by atoms with Crippen LogP contribution in [0.2, 0.25) is 0 Å². The first-order valence-electron chi connectivity index (χ1n) is 12.6. The summed E-state index contributed by atoms with van der Waals surface area (Å²) in [6.45, 7) is 17.9. The van der Waals surface area contributed by atoms with E-state index in [9.17, 15) is 14.7 Å². The van der Waals surface area contributed by atoms with Crippen molar-refractivity contribution >= 4 is 11.8 Å². The Morgan fingerprint density at radius 3 is 2.62 bits per heavy atom. The highest BCUT2D eigenvalue weighted by molar-refractivity contribution is 5.96. The van der Waals surface area contributed by atoms with Crippen molar-refractivity contribution in [2.75, 3.05) is 6.61 Å². The summed E-state index contributed by atoms with van der Waals surface area (Å²) in [6, 6.07) is 0. The van der Waals surface area contributed by atoms with Gasteiger partial charge in [-0.2, -0.15) is 0 Å². The predicted molar refractivity (Wildman–Crippen MR) is 126 cm³/mol. The quantitative estimate of drug-likeness (QED) is 0.379. The largest absolute Gasteiger partial charge is 0.451 e. The third-order valence-electron chi connectivity index (χ3n) is 9.61. The summed E-state index contributed by atoms with van der Waals surface area (Å²) in [5.74, 6) is -1.39. The molecule has 0 aromatic rings. The summed E-state index contributed by atoms with van der Waals surface area (Å²) in [6.07, 6.45) is 3.33. The second-order valence-electron chi connectivity index (χ2n) is 12.2. The molecule has 1 heterocycles. The summed E-state index contributed by atoms with van der Waals surface area (Å²) < 4.78 is 18.4. The van der Waals surface area contributed by atoms with Gasteiger partial charge in [-0.3, -0.25) is 4.79 Å². The van der Waals surface area contributed by atoms with Crippen LogP contribution >= 0.6 is 0 Å². The van der Waals surface area contributed by atoms with Gasteiger partial charge in [-0.15, -0.1) is 0 Å². The Balaban J connectivity index is 1.72. The molecule has 3 fully saturated rings. The Kier molecular flexibility index (Phi) is 5.03. The molecule has 1 N–H and O–H groups in total. The number of ether oxygens (including phenoxy) is 3. The average molecular weight is 471 g/mol. The first kappa shape index (κ1) is 24.0. The van der Waals surface area contributed by atoms with Crippen molar-refractivity contribution in [2.24, 2.45) is 34.5 Å². The van der Waals surface area contributed by atoms with Crippen LogP contribution in [0.4, 0.5) is 0 Å². The van der Waals surface area contributed by atoms with E-state index in [4.69, 9.17) is 14.2 Å². The van der Waals surface area contributed by atoms with E-state index in [0.717, 1.165) is 12.0 Å². The summed E-state index contributed by atoms with van der Waals surface area (Å²) >= 11 is 0. The molecule has 34 heavy (non-hydrogen) atoms. The highest BCUT2D eigenvalue weighted by atomic mass is 16.7. The first-order chi connectivity index (χ1) is 15.7. The lowest BCUT2D eigenvalue weighted by atomic mass is 9.59. The molecule has 2 bridgehead atoms. The zero-order valence-corrected chi connectivity index (χ0v) is 21.4. The molecule has 1 spiro atoms. The molecule has 1 aliphatic heterocycles. The Hall–Kier alpha value is -1.76. The molecule has 4 aliphatic carbocycles. The fraction of sp³-hybridized carbons (Fsp3) is 0.714. The Morgan fingerprint density at radius 2 is 1.97 bits per heavy atom. The van der Waals surface area contributed by atoms with Crippen LogP contribution in [-0.4, -0.2) is 47.1 Å². The third kappa shape index (κ3) is 2.85. The zero-order chi connectivity index (χ0) is 25.0. The van der Waals surface area contributed by atoms with Crippen LogP contribution in [0.5, 0.6) is 0 Å². The van der Waals surface area contributed by atoms with Crippen molar-refractivity contribution in [3.63, 3.8) is 0 Å². The number of aliphatic hydroxyl groups is 1. The second-order valence-corrected chi connectivity index (χ2v) is 12.2. The van der Waals surface area contributed by atoms with Gasteiger partial charge in [0.05, 0.1) is 12.0 Å². The minimum Gasteiger partial charge on any atom is -0.451 e. The maximum atomic E-state index is 14.6. The van der Waals surface area contributed by atoms with E-state index in [1.807, 2.05) is 39.8 Å². The summed E-state index contributed by atoms with van der Waals surface area (Å²) in [5, 5.41) is 12.8. The van der Waals surface area contributed by atoms with E-state index in [2.05, 4.69) is 27.4 Å². The first-order valence-corrected chi connectivity index (χ1v) is 12.6. The molecule has 2 saturated carbocycles. The van der Waals surface area contributed by atoms with Gasteiger partial charge in [-0.25, -0.2) is 4.79 Å². The van der Waals surface area contributed by atoms with E-state index in [1.165, 1.54) is 0 Å². The van der Waals surface area contributed by atoms with Gasteiger partial charge in [-0.05, 0) is 67.9 Å². The molecule has 5 rings (SSSR count). The van der Waals surface area contributed by atoms with Crippen LogP contribution in [0.1, 0.15) is 61.3 Å². The number of allylic oxidation sites excluding steroid dienone is 1. The van der Waals surface area contributed by atoms with Crippen LogP contribution < -0.4 is 0 Å². The van der Waals surface area contributed by atoms with Crippen LogP contribution in [0, 0.1) is 34.5 Å². The molecular formula is C28H38O6. The van der Waals surface area contributed by atoms with E-state index in [1.54, 1.807) is 0 Å². The van der Waals surface area contributed by atoms with Gasteiger partial charge in [0.15, 0.2) is 23.3 Å². The number of Topliss-reactive ketones (excluding diaryl/α,β-unsaturated/α-hetero) is 1. The van der Waals surface area contributed by atoms with Gasteiger partial charge in [0.25, 0.3) is 0 Å². The number of rotatable bonds is 3. The molecule has 5 aliphatic rings. The molecule has 1 unspecified atom stereocenters. The summed E-state index contributed by atoms with van der Waals surface area (Å²) in [7, 11) is 0. The molecule has 6 heteroatoms. The minimum atomic E-state index is -1.78. The van der Waals surface area contributed by atoms with Crippen molar-refractivity contribution < 1.29 is 28.9 Å². The van der Waals surface area contributed by atoms with Crippen LogP contribution in [0.3, 0.4) is 0 Å². The van der Waals surface area contributed by atoms with Crippen LogP contribution in [0.15, 0.2) is 35.5 Å². The summed E-state index contributed by atoms with van der Waals surface area (Å²) in [4.78, 5) is 27.4. The van der Waals surface area contributed by atoms with Crippen molar-refractivity contribution in [3.05, 3.63) is 35.5 Å². The van der Waals surface area contributed by atoms with Gasteiger partial charge >= 0.3 is 5.97 Å². The normalized spacial score (nSPS) is 45.5. The molecule has 186 valence electrons. The summed E-state index contributed by atoms with van der Waals surface area (Å²) in [5.41, 5.74) is -1.17. The van der Waals surface area contributed by atoms with Crippen LogP contribution in [-0.2, 0) is 23.8 Å². The lowest BCUT2D eigenvalue weighted by Gasteiger charge is -2.52. The molecule has 0 aromatic carbocycles. The monoisotopic (exact) mass is 470 g/mol. The number of fused-ring (bicyclic) bond motifs is 5. The number of ketones is 1. The molecule has 0 amide bonds. The average Bonchev–Trinajstić information content (AvgIpc) is 3.25. The van der Waals surface area contributed by atoms with Gasteiger partial charge in [-0.1, -0.05) is 46.4 Å². The van der Waals surface area contributed by atoms with Gasteiger partial charge < -0.3 is 19.3 Å². The van der Waals surface area contributed by atoms with E-state index < -0.39 is 35.0 Å². The van der Waals surface area contributed by atoms with Gasteiger partial charge in [0, 0.05) is 11.5 Å². The predicted octanol–water partition coefficient (Wildman–Crippen LogP) is 4.13. The molecule has 0 radical (unpaired) electrons. The maximum absolute atomic E-state index is 14.6. The Bertz CT molecular complexity index is 1030. The highest BCUT2D eigenvalue weighted by Crippen LogP contribution is 2.72. The van der Waals surface area contributed by atoms with E-state index in [-0.39, 0.29) is 35.6 Å². The second kappa shape index (κ2) is 7.14. The number of carbonyl (C=O) groups is 2. The SMILES string of the molecule is C=C(CC)C(=O)O[C@H]1C(C)=C[C@]23C(=O)[C@@H](C=C4COC(C)(C)O[C@H]4[C@]12O)C1[C@@H](C[C@H]3C)C1(C)C. The third-order valence-corrected chi connectivity index (χ3v) is 9.61. The van der Waals surface area contributed by atoms with Crippen molar-refractivity contribution in [1.29, 1.82) is 0 Å². The van der Waals surface area contributed by atoms with E-state index in [0.29, 0.717) is 23.5 Å². The Labute approximate surface area is 202 Å². The zero-order valence-electron chi connectivity index (χ0n) is 21.4. The fourth-order valence-electron chi connectivity index (χ4n) is 7.63. The number of hydrogen-bond acceptors (Lipinski definition) is 6.